The van der Waals surface area contributed by atoms with Crippen LogP contribution >= 0.6 is 35.3 Å². The summed E-state index contributed by atoms with van der Waals surface area (Å²) in [5, 5.41) is 8.86. The standard InChI is InChI=1S/C14H16BrF2O5PS/c15-11-5-9(1-2-10(11)14(16,17)23(20,21)22)7-24-8-13(3-4-13)6-12(18)19/h1-2,5H,3-4,6-8H2,(H,18,19)(H2,20,21,22). The van der Waals surface area contributed by atoms with Crippen LogP contribution in [0.2, 0.25) is 0 Å². The molecule has 1 aliphatic carbocycles. The van der Waals surface area contributed by atoms with Crippen molar-refractivity contribution in [3.05, 3.63) is 33.8 Å². The van der Waals surface area contributed by atoms with Crippen molar-refractivity contribution >= 4 is 41.3 Å². The average molecular weight is 445 g/mol. The maximum absolute atomic E-state index is 13.7. The maximum atomic E-state index is 13.7. The lowest BCUT2D eigenvalue weighted by Gasteiger charge is -2.19. The van der Waals surface area contributed by atoms with Gasteiger partial charge in [0.15, 0.2) is 0 Å². The molecule has 5 nitrogen and oxygen atoms in total. The van der Waals surface area contributed by atoms with E-state index < -0.39 is 24.8 Å². The fourth-order valence-electron chi connectivity index (χ4n) is 2.30. The highest BCUT2D eigenvalue weighted by molar-refractivity contribution is 9.10. The normalized spacial score (nSPS) is 16.9. The summed E-state index contributed by atoms with van der Waals surface area (Å²) in [7, 11) is -5.61. The quantitative estimate of drug-likeness (QED) is 0.521. The summed E-state index contributed by atoms with van der Waals surface area (Å²) in [4.78, 5) is 28.4. The predicted octanol–water partition coefficient (Wildman–Crippen LogP) is 4.16. The number of thioether (sulfide) groups is 1. The van der Waals surface area contributed by atoms with Gasteiger partial charge in [-0.1, -0.05) is 28.1 Å². The van der Waals surface area contributed by atoms with Crippen molar-refractivity contribution in [2.45, 2.75) is 30.7 Å². The van der Waals surface area contributed by atoms with Crippen LogP contribution in [0, 0.1) is 5.41 Å². The Balaban J connectivity index is 2.00. The molecule has 2 rings (SSSR count). The summed E-state index contributed by atoms with van der Waals surface area (Å²) in [5.41, 5.74) is -4.45. The highest BCUT2D eigenvalue weighted by Gasteiger charge is 2.51. The summed E-state index contributed by atoms with van der Waals surface area (Å²) in [6.45, 7) is 0. The highest BCUT2D eigenvalue weighted by Crippen LogP contribution is 2.60. The molecule has 0 amide bonds. The van der Waals surface area contributed by atoms with Gasteiger partial charge in [-0.25, -0.2) is 0 Å². The second-order valence-electron chi connectivity index (χ2n) is 5.96. The van der Waals surface area contributed by atoms with E-state index in [2.05, 4.69) is 15.9 Å². The summed E-state index contributed by atoms with van der Waals surface area (Å²) in [5.74, 6) is 0.360. The zero-order chi connectivity index (χ0) is 18.2. The van der Waals surface area contributed by atoms with Crippen LogP contribution in [-0.4, -0.2) is 26.6 Å². The Kier molecular flexibility index (Phi) is 5.82. The number of carboxylic acid groups (broad SMARTS) is 1. The molecule has 0 spiro atoms. The summed E-state index contributed by atoms with van der Waals surface area (Å²) in [6.07, 6.45) is 1.89. The smallest absolute Gasteiger partial charge is 0.399 e. The van der Waals surface area contributed by atoms with Crippen LogP contribution < -0.4 is 0 Å². The largest absolute Gasteiger partial charge is 0.481 e. The molecule has 0 saturated heterocycles. The summed E-state index contributed by atoms with van der Waals surface area (Å²) < 4.78 is 38.3. The van der Waals surface area contributed by atoms with Gasteiger partial charge in [-0.05, 0) is 35.6 Å². The average Bonchev–Trinajstić information content (AvgIpc) is 3.16. The van der Waals surface area contributed by atoms with Crippen molar-refractivity contribution in [1.29, 1.82) is 0 Å². The zero-order valence-electron chi connectivity index (χ0n) is 12.4. The Hall–Kier alpha value is -0.470. The van der Waals surface area contributed by atoms with Gasteiger partial charge in [0.05, 0.1) is 6.42 Å². The van der Waals surface area contributed by atoms with Crippen LogP contribution in [0.4, 0.5) is 8.78 Å². The first-order chi connectivity index (χ1) is 11.0. The summed E-state index contributed by atoms with van der Waals surface area (Å²) >= 11 is 4.46. The second-order valence-corrected chi connectivity index (χ2v) is 9.45. The zero-order valence-corrected chi connectivity index (χ0v) is 15.7. The maximum Gasteiger partial charge on any atom is 0.399 e. The number of alkyl halides is 2. The van der Waals surface area contributed by atoms with E-state index >= 15 is 0 Å². The Morgan fingerprint density at radius 1 is 1.38 bits per heavy atom. The predicted molar refractivity (Wildman–Crippen MR) is 90.2 cm³/mol. The van der Waals surface area contributed by atoms with Crippen molar-refractivity contribution in [1.82, 2.24) is 0 Å². The Morgan fingerprint density at radius 3 is 2.46 bits per heavy atom. The SMILES string of the molecule is O=C(O)CC1(CSCc2ccc(C(F)(F)P(=O)(O)O)c(Br)c2)CC1. The van der Waals surface area contributed by atoms with Crippen LogP contribution in [0.1, 0.15) is 30.4 Å². The van der Waals surface area contributed by atoms with E-state index in [1.54, 1.807) is 0 Å². The Labute approximate surface area is 150 Å². The van der Waals surface area contributed by atoms with Crippen LogP contribution in [-0.2, 0) is 20.8 Å². The molecule has 1 aromatic carbocycles. The minimum absolute atomic E-state index is 0.0689. The lowest BCUT2D eigenvalue weighted by Crippen LogP contribution is -2.14. The summed E-state index contributed by atoms with van der Waals surface area (Å²) in [6, 6.07) is 3.80. The molecular weight excluding hydrogens is 429 g/mol. The van der Waals surface area contributed by atoms with Crippen LogP contribution in [0.15, 0.2) is 22.7 Å². The molecule has 0 heterocycles. The molecule has 1 fully saturated rings. The molecule has 1 saturated carbocycles. The van der Waals surface area contributed by atoms with Crippen LogP contribution in [0.25, 0.3) is 0 Å². The fraction of sp³-hybridized carbons (Fsp3) is 0.500. The molecule has 3 N–H and O–H groups in total. The van der Waals surface area contributed by atoms with Crippen molar-refractivity contribution in [3.63, 3.8) is 0 Å². The van der Waals surface area contributed by atoms with Gasteiger partial charge in [0.2, 0.25) is 0 Å². The monoisotopic (exact) mass is 444 g/mol. The molecular formula is C14H16BrF2O5PS. The number of benzene rings is 1. The van der Waals surface area contributed by atoms with Gasteiger partial charge in [0.1, 0.15) is 0 Å². The van der Waals surface area contributed by atoms with Crippen molar-refractivity contribution in [3.8, 4) is 0 Å². The molecule has 24 heavy (non-hydrogen) atoms. The first-order valence-corrected chi connectivity index (χ1v) is 10.5. The third kappa shape index (κ3) is 4.58. The molecule has 1 aliphatic rings. The van der Waals surface area contributed by atoms with Gasteiger partial charge in [-0.15, -0.1) is 0 Å². The molecule has 1 aromatic rings. The number of halogens is 3. The molecule has 0 unspecified atom stereocenters. The minimum atomic E-state index is -5.61. The van der Waals surface area contributed by atoms with Crippen LogP contribution in [0.3, 0.4) is 0 Å². The van der Waals surface area contributed by atoms with Gasteiger partial charge in [-0.2, -0.15) is 20.5 Å². The molecule has 0 radical (unpaired) electrons. The lowest BCUT2D eigenvalue weighted by atomic mass is 10.1. The van der Waals surface area contributed by atoms with Crippen molar-refractivity contribution in [2.75, 3.05) is 5.75 Å². The Bertz CT molecular complexity index is 690. The number of hydrogen-bond donors (Lipinski definition) is 3. The van der Waals surface area contributed by atoms with Crippen molar-refractivity contribution < 1.29 is 33.0 Å². The molecule has 10 heteroatoms. The van der Waals surface area contributed by atoms with Gasteiger partial charge < -0.3 is 14.9 Å². The van der Waals surface area contributed by atoms with E-state index in [9.17, 15) is 18.1 Å². The van der Waals surface area contributed by atoms with E-state index in [1.165, 1.54) is 23.9 Å². The molecule has 0 aliphatic heterocycles. The first-order valence-electron chi connectivity index (χ1n) is 6.99. The third-order valence-corrected chi connectivity index (χ3v) is 6.87. The van der Waals surface area contributed by atoms with Gasteiger partial charge in [-0.3, -0.25) is 9.36 Å². The third-order valence-electron chi connectivity index (χ3n) is 3.88. The van der Waals surface area contributed by atoms with Crippen LogP contribution in [0.5, 0.6) is 0 Å². The van der Waals surface area contributed by atoms with Gasteiger partial charge in [0, 0.05) is 15.8 Å². The first kappa shape index (κ1) is 19.8. The second kappa shape index (κ2) is 7.03. The number of carbonyl (C=O) groups is 1. The topological polar surface area (TPSA) is 94.8 Å². The number of rotatable bonds is 8. The number of hydrogen-bond acceptors (Lipinski definition) is 3. The molecule has 0 atom stereocenters. The van der Waals surface area contributed by atoms with E-state index in [0.717, 1.165) is 18.9 Å². The van der Waals surface area contributed by atoms with Gasteiger partial charge in [0.25, 0.3) is 0 Å². The number of aliphatic carboxylic acids is 1. The number of carboxylic acids is 1. The van der Waals surface area contributed by atoms with Crippen molar-refractivity contribution in [2.24, 2.45) is 5.41 Å². The molecule has 0 bridgehead atoms. The lowest BCUT2D eigenvalue weighted by molar-refractivity contribution is -0.138. The molecule has 134 valence electrons. The molecule has 0 aromatic heterocycles. The highest BCUT2D eigenvalue weighted by atomic mass is 79.9. The minimum Gasteiger partial charge on any atom is -0.481 e. The van der Waals surface area contributed by atoms with E-state index in [1.807, 2.05) is 0 Å². The fourth-order valence-corrected chi connectivity index (χ4v) is 4.98. The van der Waals surface area contributed by atoms with E-state index in [0.29, 0.717) is 17.1 Å². The Morgan fingerprint density at radius 2 is 2.00 bits per heavy atom. The van der Waals surface area contributed by atoms with E-state index in [-0.39, 0.29) is 16.3 Å². The van der Waals surface area contributed by atoms with E-state index in [4.69, 9.17) is 14.9 Å². The van der Waals surface area contributed by atoms with Gasteiger partial charge >= 0.3 is 19.2 Å².